The average Bonchev–Trinajstić information content (AvgIpc) is 2.02. The minimum absolute atomic E-state index is 0.0328. The van der Waals surface area contributed by atoms with E-state index in [-0.39, 0.29) is 6.04 Å². The van der Waals surface area contributed by atoms with Gasteiger partial charge in [0.05, 0.1) is 17.6 Å². The summed E-state index contributed by atoms with van der Waals surface area (Å²) in [5, 5.41) is 0. The molecular weight excluding hydrogens is 162 g/mol. The van der Waals surface area contributed by atoms with Gasteiger partial charge in [-0.05, 0) is 25.5 Å². The van der Waals surface area contributed by atoms with Gasteiger partial charge in [0, 0.05) is 19.1 Å². The molecule has 13 heavy (non-hydrogen) atoms. The highest BCUT2D eigenvalue weighted by Gasteiger charge is 2.14. The maximum atomic E-state index is 5.71. The Morgan fingerprint density at radius 2 is 2.23 bits per heavy atom. The predicted molar refractivity (Wildman–Crippen MR) is 53.7 cm³/mol. The lowest BCUT2D eigenvalue weighted by Gasteiger charge is -2.32. The van der Waals surface area contributed by atoms with Crippen LogP contribution >= 0.6 is 0 Å². The lowest BCUT2D eigenvalue weighted by atomic mass is 10.2. The second kappa shape index (κ2) is 3.34. The number of hydrogen-bond acceptors (Lipinski definition) is 3. The van der Waals surface area contributed by atoms with Crippen molar-refractivity contribution in [3.05, 3.63) is 24.0 Å². The van der Waals surface area contributed by atoms with Gasteiger partial charge in [-0.2, -0.15) is 0 Å². The van der Waals surface area contributed by atoms with E-state index in [1.54, 1.807) is 0 Å². The zero-order valence-corrected chi connectivity index (χ0v) is 7.90. The Morgan fingerprint density at radius 3 is 2.62 bits per heavy atom. The molecule has 1 fully saturated rings. The molecule has 0 amide bonds. The van der Waals surface area contributed by atoms with E-state index in [1.165, 1.54) is 25.2 Å². The fraction of sp³-hybridized carbons (Fsp3) is 0.500. The summed E-state index contributed by atoms with van der Waals surface area (Å²) in [6.45, 7) is 4.28. The Kier molecular flexibility index (Phi) is 2.19. The van der Waals surface area contributed by atoms with E-state index in [0.717, 1.165) is 5.69 Å². The summed E-state index contributed by atoms with van der Waals surface area (Å²) in [5.74, 6) is 0. The molecule has 1 aromatic rings. The van der Waals surface area contributed by atoms with E-state index >= 15 is 0 Å². The van der Waals surface area contributed by atoms with Gasteiger partial charge >= 0.3 is 0 Å². The molecule has 0 bridgehead atoms. The molecule has 2 N–H and O–H groups in total. The summed E-state index contributed by atoms with van der Waals surface area (Å²) in [4.78, 5) is 6.63. The van der Waals surface area contributed by atoms with Crippen LogP contribution in [0.4, 0.5) is 5.69 Å². The highest BCUT2D eigenvalue weighted by Crippen LogP contribution is 2.20. The third kappa shape index (κ3) is 1.65. The molecule has 0 saturated carbocycles. The molecule has 3 heteroatoms. The van der Waals surface area contributed by atoms with Crippen LogP contribution in [0.25, 0.3) is 0 Å². The Bertz CT molecular complexity index is 275. The number of aromatic nitrogens is 1. The standard InChI is InChI=1S/C10H15N3/c1-8(11)10-4-3-9(7-12-10)13-5-2-6-13/h3-4,7-8H,2,5-6,11H2,1H3/t8-/m0/s1. The lowest BCUT2D eigenvalue weighted by Crippen LogP contribution is -2.37. The Hall–Kier alpha value is -1.09. The average molecular weight is 177 g/mol. The maximum absolute atomic E-state index is 5.71. The summed E-state index contributed by atoms with van der Waals surface area (Å²) in [6, 6.07) is 4.15. The van der Waals surface area contributed by atoms with Crippen molar-refractivity contribution >= 4 is 5.69 Å². The van der Waals surface area contributed by atoms with Gasteiger partial charge in [-0.15, -0.1) is 0 Å². The number of nitrogens with zero attached hydrogens (tertiary/aromatic N) is 2. The summed E-state index contributed by atoms with van der Waals surface area (Å²) in [5.41, 5.74) is 7.89. The molecule has 1 aliphatic heterocycles. The van der Waals surface area contributed by atoms with Crippen LogP contribution in [0.15, 0.2) is 18.3 Å². The smallest absolute Gasteiger partial charge is 0.0569 e. The van der Waals surface area contributed by atoms with Crippen LogP contribution in [0, 0.1) is 0 Å². The second-order valence-corrected chi connectivity index (χ2v) is 3.57. The fourth-order valence-electron chi connectivity index (χ4n) is 1.43. The second-order valence-electron chi connectivity index (χ2n) is 3.57. The Morgan fingerprint density at radius 1 is 1.46 bits per heavy atom. The topological polar surface area (TPSA) is 42.1 Å². The van der Waals surface area contributed by atoms with Crippen molar-refractivity contribution in [2.45, 2.75) is 19.4 Å². The minimum Gasteiger partial charge on any atom is -0.370 e. The van der Waals surface area contributed by atoms with Gasteiger partial charge in [0.25, 0.3) is 0 Å². The molecule has 1 saturated heterocycles. The molecule has 0 radical (unpaired) electrons. The van der Waals surface area contributed by atoms with Gasteiger partial charge < -0.3 is 10.6 Å². The summed E-state index contributed by atoms with van der Waals surface area (Å²) in [6.07, 6.45) is 3.22. The zero-order chi connectivity index (χ0) is 9.26. The largest absolute Gasteiger partial charge is 0.370 e. The van der Waals surface area contributed by atoms with Gasteiger partial charge in [-0.1, -0.05) is 0 Å². The highest BCUT2D eigenvalue weighted by atomic mass is 15.2. The van der Waals surface area contributed by atoms with E-state index in [2.05, 4.69) is 16.0 Å². The molecule has 0 spiro atoms. The monoisotopic (exact) mass is 177 g/mol. The van der Waals surface area contributed by atoms with Crippen molar-refractivity contribution in [2.24, 2.45) is 5.73 Å². The molecule has 0 aromatic carbocycles. The van der Waals surface area contributed by atoms with Crippen LogP contribution in [0.5, 0.6) is 0 Å². The molecule has 3 nitrogen and oxygen atoms in total. The minimum atomic E-state index is 0.0328. The quantitative estimate of drug-likeness (QED) is 0.740. The number of pyridine rings is 1. The van der Waals surface area contributed by atoms with Crippen molar-refractivity contribution < 1.29 is 0 Å². The molecule has 1 aromatic heterocycles. The first-order valence-corrected chi connectivity index (χ1v) is 4.74. The Labute approximate surface area is 78.6 Å². The zero-order valence-electron chi connectivity index (χ0n) is 7.90. The molecule has 0 unspecified atom stereocenters. The maximum Gasteiger partial charge on any atom is 0.0569 e. The first-order chi connectivity index (χ1) is 6.27. The third-order valence-corrected chi connectivity index (χ3v) is 2.46. The molecule has 70 valence electrons. The van der Waals surface area contributed by atoms with Gasteiger partial charge in [0.1, 0.15) is 0 Å². The normalized spacial score (nSPS) is 18.2. The van der Waals surface area contributed by atoms with E-state index in [4.69, 9.17) is 5.73 Å². The lowest BCUT2D eigenvalue weighted by molar-refractivity contribution is 0.616. The molecule has 1 aliphatic rings. The number of nitrogens with two attached hydrogens (primary N) is 1. The highest BCUT2D eigenvalue weighted by molar-refractivity contribution is 5.46. The molecule has 2 rings (SSSR count). The summed E-state index contributed by atoms with van der Waals surface area (Å²) >= 11 is 0. The van der Waals surface area contributed by atoms with E-state index in [0.29, 0.717) is 0 Å². The molecule has 2 heterocycles. The first-order valence-electron chi connectivity index (χ1n) is 4.74. The predicted octanol–water partition coefficient (Wildman–Crippen LogP) is 1.31. The number of hydrogen-bond donors (Lipinski definition) is 1. The summed E-state index contributed by atoms with van der Waals surface area (Å²) < 4.78 is 0. The first kappa shape index (κ1) is 8.51. The SMILES string of the molecule is C[C@H](N)c1ccc(N2CCC2)cn1. The number of rotatable bonds is 2. The third-order valence-electron chi connectivity index (χ3n) is 2.46. The van der Waals surface area contributed by atoms with Crippen LogP contribution in [0.2, 0.25) is 0 Å². The van der Waals surface area contributed by atoms with Crippen molar-refractivity contribution in [3.63, 3.8) is 0 Å². The number of anilines is 1. The molecular formula is C10H15N3. The van der Waals surface area contributed by atoms with Crippen molar-refractivity contribution in [3.8, 4) is 0 Å². The molecule has 1 atom stereocenters. The molecule has 0 aliphatic carbocycles. The van der Waals surface area contributed by atoms with Crippen LogP contribution < -0.4 is 10.6 Å². The van der Waals surface area contributed by atoms with Crippen molar-refractivity contribution in [2.75, 3.05) is 18.0 Å². The van der Waals surface area contributed by atoms with E-state index in [1.807, 2.05) is 19.2 Å². The van der Waals surface area contributed by atoms with Crippen LogP contribution in [-0.2, 0) is 0 Å². The van der Waals surface area contributed by atoms with Crippen molar-refractivity contribution in [1.29, 1.82) is 0 Å². The van der Waals surface area contributed by atoms with Gasteiger partial charge in [-0.25, -0.2) is 0 Å². The summed E-state index contributed by atoms with van der Waals surface area (Å²) in [7, 11) is 0. The van der Waals surface area contributed by atoms with Gasteiger partial charge in [0.15, 0.2) is 0 Å². The van der Waals surface area contributed by atoms with Gasteiger partial charge in [-0.3, -0.25) is 4.98 Å². The van der Waals surface area contributed by atoms with E-state index < -0.39 is 0 Å². The Balaban J connectivity index is 2.13. The van der Waals surface area contributed by atoms with Crippen LogP contribution in [-0.4, -0.2) is 18.1 Å². The van der Waals surface area contributed by atoms with E-state index in [9.17, 15) is 0 Å². The van der Waals surface area contributed by atoms with Crippen LogP contribution in [0.3, 0.4) is 0 Å². The van der Waals surface area contributed by atoms with Gasteiger partial charge in [0.2, 0.25) is 0 Å². The van der Waals surface area contributed by atoms with Crippen molar-refractivity contribution in [1.82, 2.24) is 4.98 Å². The van der Waals surface area contributed by atoms with Crippen LogP contribution in [0.1, 0.15) is 25.1 Å². The fourth-order valence-corrected chi connectivity index (χ4v) is 1.43.